The van der Waals surface area contributed by atoms with Crippen LogP contribution in [0.2, 0.25) is 5.02 Å². The molecule has 5 rings (SSSR count). The fraction of sp³-hybridized carbons (Fsp3) is 0.0370. The summed E-state index contributed by atoms with van der Waals surface area (Å²) in [5.74, 6) is 1.51. The zero-order chi connectivity index (χ0) is 22.8. The Morgan fingerprint density at radius 1 is 0.758 bits per heavy atom. The van der Waals surface area contributed by atoms with Crippen LogP contribution in [0.25, 0.3) is 11.1 Å². The van der Waals surface area contributed by atoms with Crippen LogP contribution in [-0.4, -0.2) is 18.7 Å². The van der Waals surface area contributed by atoms with Gasteiger partial charge in [0.25, 0.3) is 0 Å². The van der Waals surface area contributed by atoms with Crippen LogP contribution in [0.3, 0.4) is 0 Å². The highest BCUT2D eigenvalue weighted by atomic mass is 79.9. The summed E-state index contributed by atoms with van der Waals surface area (Å²) in [6.07, 6.45) is 0. The highest BCUT2D eigenvalue weighted by Crippen LogP contribution is 2.30. The third-order valence-corrected chi connectivity index (χ3v) is 6.18. The number of methoxy groups -OCH3 is 1. The largest absolute Gasteiger partial charge is 0.497 e. The van der Waals surface area contributed by atoms with E-state index in [1.54, 1.807) is 7.11 Å². The molecule has 0 fully saturated rings. The number of benzene rings is 4. The summed E-state index contributed by atoms with van der Waals surface area (Å²) in [5, 5.41) is 5.37. The van der Waals surface area contributed by atoms with Gasteiger partial charge in [-0.15, -0.1) is 0 Å². The third-order valence-electron chi connectivity index (χ3n) is 5.42. The molecule has 1 heterocycles. The van der Waals surface area contributed by atoms with E-state index in [9.17, 15) is 0 Å². The van der Waals surface area contributed by atoms with Gasteiger partial charge >= 0.3 is 0 Å². The fourth-order valence-corrected chi connectivity index (χ4v) is 4.11. The van der Waals surface area contributed by atoms with Crippen molar-refractivity contribution in [3.8, 4) is 16.9 Å². The maximum Gasteiger partial charge on any atom is 0.154 e. The van der Waals surface area contributed by atoms with Crippen molar-refractivity contribution < 1.29 is 4.74 Å². The van der Waals surface area contributed by atoms with Gasteiger partial charge in [0.05, 0.1) is 12.8 Å². The molecule has 33 heavy (non-hydrogen) atoms. The molecule has 0 aromatic heterocycles. The van der Waals surface area contributed by atoms with E-state index in [1.165, 1.54) is 0 Å². The Hall–Kier alpha value is -3.41. The zero-order valence-corrected chi connectivity index (χ0v) is 20.1. The predicted octanol–water partition coefficient (Wildman–Crippen LogP) is 7.21. The fourth-order valence-electron chi connectivity index (χ4n) is 3.67. The van der Waals surface area contributed by atoms with Gasteiger partial charge in [0.15, 0.2) is 5.84 Å². The summed E-state index contributed by atoms with van der Waals surface area (Å²) in [4.78, 5) is 4.84. The molecular formula is C27H19BrClN3O. The van der Waals surface area contributed by atoms with Crippen LogP contribution >= 0.6 is 27.5 Å². The minimum Gasteiger partial charge on any atom is -0.497 e. The van der Waals surface area contributed by atoms with E-state index in [1.807, 2.05) is 66.7 Å². The highest BCUT2D eigenvalue weighted by Gasteiger charge is 2.18. The van der Waals surface area contributed by atoms with Crippen LogP contribution in [-0.2, 0) is 0 Å². The predicted molar refractivity (Wildman–Crippen MR) is 139 cm³/mol. The number of hydrazone groups is 1. The molecule has 1 aliphatic heterocycles. The summed E-state index contributed by atoms with van der Waals surface area (Å²) in [6, 6.07) is 30.0. The number of nitrogens with one attached hydrogen (secondary N) is 1. The molecule has 0 radical (unpaired) electrons. The lowest BCUT2D eigenvalue weighted by Gasteiger charge is -2.10. The van der Waals surface area contributed by atoms with Gasteiger partial charge in [0.1, 0.15) is 11.5 Å². The molecule has 4 aromatic rings. The average Bonchev–Trinajstić information content (AvgIpc) is 3.04. The van der Waals surface area contributed by atoms with Crippen molar-refractivity contribution in [2.24, 2.45) is 10.1 Å². The maximum absolute atomic E-state index is 6.34. The van der Waals surface area contributed by atoms with Crippen LogP contribution in [0.1, 0.15) is 16.7 Å². The molecule has 4 aromatic carbocycles. The van der Waals surface area contributed by atoms with Crippen molar-refractivity contribution in [2.75, 3.05) is 7.11 Å². The Morgan fingerprint density at radius 3 is 2.03 bits per heavy atom. The van der Waals surface area contributed by atoms with Gasteiger partial charge in [-0.3, -0.25) is 5.43 Å². The minimum absolute atomic E-state index is 0.638. The Bertz CT molecular complexity index is 1360. The van der Waals surface area contributed by atoms with Gasteiger partial charge in [-0.25, -0.2) is 4.99 Å². The Balaban J connectivity index is 1.53. The van der Waals surface area contributed by atoms with Gasteiger partial charge in [-0.05, 0) is 53.6 Å². The zero-order valence-electron chi connectivity index (χ0n) is 17.7. The number of amidine groups is 1. The number of nitrogens with zero attached hydrogens (tertiary/aromatic N) is 2. The van der Waals surface area contributed by atoms with E-state index < -0.39 is 0 Å². The average molecular weight is 517 g/mol. The smallest absolute Gasteiger partial charge is 0.154 e. The normalized spacial score (nSPS) is 12.7. The molecule has 0 saturated carbocycles. The number of hydrogen-bond donors (Lipinski definition) is 1. The second-order valence-corrected chi connectivity index (χ2v) is 8.86. The van der Waals surface area contributed by atoms with Crippen LogP contribution in [0.15, 0.2) is 106 Å². The van der Waals surface area contributed by atoms with Crippen LogP contribution in [0.4, 0.5) is 5.69 Å². The molecule has 0 amide bonds. The first kappa shape index (κ1) is 21.4. The van der Waals surface area contributed by atoms with Crippen LogP contribution in [0.5, 0.6) is 5.75 Å². The van der Waals surface area contributed by atoms with Crippen molar-refractivity contribution in [3.63, 3.8) is 0 Å². The Morgan fingerprint density at radius 2 is 1.36 bits per heavy atom. The number of fused-ring (bicyclic) bond motifs is 1. The van der Waals surface area contributed by atoms with Gasteiger partial charge in [0.2, 0.25) is 0 Å². The van der Waals surface area contributed by atoms with E-state index in [0.29, 0.717) is 10.9 Å². The quantitative estimate of drug-likeness (QED) is 0.311. The number of halogens is 2. The lowest BCUT2D eigenvalue weighted by atomic mass is 9.98. The van der Waals surface area contributed by atoms with E-state index >= 15 is 0 Å². The van der Waals surface area contributed by atoms with Gasteiger partial charge < -0.3 is 4.74 Å². The lowest BCUT2D eigenvalue weighted by Crippen LogP contribution is -2.19. The van der Waals surface area contributed by atoms with Crippen molar-refractivity contribution in [2.45, 2.75) is 0 Å². The second kappa shape index (κ2) is 9.22. The second-order valence-electron chi connectivity index (χ2n) is 7.51. The van der Waals surface area contributed by atoms with Gasteiger partial charge in [0, 0.05) is 26.2 Å². The SMILES string of the molecule is COc1ccc(-c2ccc(C3=NNC(c4ccc(Br)cc4)=Nc4ccc(Cl)cc43)cc2)cc1. The molecule has 1 aliphatic rings. The lowest BCUT2D eigenvalue weighted by molar-refractivity contribution is 0.415. The molecule has 0 unspecified atom stereocenters. The summed E-state index contributed by atoms with van der Waals surface area (Å²) < 4.78 is 6.27. The molecule has 1 N–H and O–H groups in total. The van der Waals surface area contributed by atoms with Gasteiger partial charge in [-0.2, -0.15) is 5.10 Å². The number of hydrogen-bond acceptors (Lipinski definition) is 4. The van der Waals surface area contributed by atoms with Crippen molar-refractivity contribution in [3.05, 3.63) is 117 Å². The summed E-state index contributed by atoms with van der Waals surface area (Å²) in [5.41, 5.74) is 9.76. The van der Waals surface area contributed by atoms with Crippen molar-refractivity contribution >= 4 is 44.8 Å². The molecule has 4 nitrogen and oxygen atoms in total. The summed E-state index contributed by atoms with van der Waals surface area (Å²) in [6.45, 7) is 0. The molecule has 0 atom stereocenters. The topological polar surface area (TPSA) is 46.0 Å². The molecule has 0 saturated heterocycles. The standard InChI is InChI=1S/C27H19BrClN3O/c1-33-23-13-8-18(9-14-23)17-2-4-19(5-3-17)26-24-16-22(29)12-15-25(24)30-27(32-31-26)20-6-10-21(28)11-7-20/h2-16H,1H3,(H,30,32). The first-order valence-electron chi connectivity index (χ1n) is 10.3. The number of rotatable bonds is 4. The molecule has 162 valence electrons. The van der Waals surface area contributed by atoms with E-state index in [4.69, 9.17) is 26.4 Å². The summed E-state index contributed by atoms with van der Waals surface area (Å²) in [7, 11) is 1.67. The first-order valence-corrected chi connectivity index (χ1v) is 11.5. The van der Waals surface area contributed by atoms with E-state index in [-0.39, 0.29) is 0 Å². The van der Waals surface area contributed by atoms with Gasteiger partial charge in [-0.1, -0.05) is 76.1 Å². The molecule has 0 bridgehead atoms. The molecular weight excluding hydrogens is 498 g/mol. The van der Waals surface area contributed by atoms with Crippen molar-refractivity contribution in [1.29, 1.82) is 0 Å². The Labute approximate surface area is 205 Å². The maximum atomic E-state index is 6.34. The minimum atomic E-state index is 0.638. The summed E-state index contributed by atoms with van der Waals surface area (Å²) >= 11 is 9.82. The van der Waals surface area contributed by atoms with Crippen LogP contribution in [0, 0.1) is 0 Å². The van der Waals surface area contributed by atoms with E-state index in [2.05, 4.69) is 45.6 Å². The number of ether oxygens (including phenoxy) is 1. The molecule has 0 spiro atoms. The monoisotopic (exact) mass is 515 g/mol. The first-order chi connectivity index (χ1) is 16.1. The Kier molecular flexibility index (Phi) is 5.99. The van der Waals surface area contributed by atoms with E-state index in [0.717, 1.165) is 49.4 Å². The highest BCUT2D eigenvalue weighted by molar-refractivity contribution is 9.10. The van der Waals surface area contributed by atoms with Crippen LogP contribution < -0.4 is 10.2 Å². The molecule has 0 aliphatic carbocycles. The van der Waals surface area contributed by atoms with Crippen molar-refractivity contribution in [1.82, 2.24) is 5.43 Å². The third kappa shape index (κ3) is 4.56. The number of aliphatic imine (C=N–C) groups is 1. The molecule has 6 heteroatoms.